The number of para-hydroxylation sites is 1. The molecule has 8 nitrogen and oxygen atoms in total. The Hall–Kier alpha value is -4.17. The van der Waals surface area contributed by atoms with Gasteiger partial charge in [0.15, 0.2) is 6.61 Å². The molecule has 1 atom stereocenters. The van der Waals surface area contributed by atoms with E-state index in [1.165, 1.54) is 4.90 Å². The van der Waals surface area contributed by atoms with Crippen molar-refractivity contribution in [3.8, 4) is 5.75 Å². The highest BCUT2D eigenvalue weighted by Crippen LogP contribution is 2.39. The Balaban J connectivity index is 1.42. The van der Waals surface area contributed by atoms with Gasteiger partial charge in [0.1, 0.15) is 11.8 Å². The summed E-state index contributed by atoms with van der Waals surface area (Å²) in [6, 6.07) is 22.6. The third kappa shape index (κ3) is 5.49. The smallest absolute Gasteiger partial charge is 0.265 e. The highest BCUT2D eigenvalue weighted by molar-refractivity contribution is 6.13. The van der Waals surface area contributed by atoms with Crippen LogP contribution in [-0.2, 0) is 9.59 Å². The third-order valence-electron chi connectivity index (χ3n) is 6.88. The number of benzene rings is 3. The molecule has 2 aliphatic rings. The summed E-state index contributed by atoms with van der Waals surface area (Å²) in [5.41, 5.74) is 7.99. The largest absolute Gasteiger partial charge is 0.484 e. The number of nitrogens with zero attached hydrogens (tertiary/aromatic N) is 1. The Morgan fingerprint density at radius 1 is 0.946 bits per heavy atom. The van der Waals surface area contributed by atoms with Crippen molar-refractivity contribution in [2.75, 3.05) is 16.8 Å². The zero-order valence-corrected chi connectivity index (χ0v) is 20.4. The van der Waals surface area contributed by atoms with Crippen LogP contribution in [0.5, 0.6) is 5.75 Å². The van der Waals surface area contributed by atoms with Crippen molar-refractivity contribution in [1.29, 1.82) is 0 Å². The topological polar surface area (TPSA) is 114 Å². The summed E-state index contributed by atoms with van der Waals surface area (Å²) in [6.45, 7) is -0.244. The van der Waals surface area contributed by atoms with E-state index in [1.807, 2.05) is 48.5 Å². The van der Waals surface area contributed by atoms with Gasteiger partial charge < -0.3 is 21.1 Å². The molecule has 8 heteroatoms. The second kappa shape index (κ2) is 10.8. The highest BCUT2D eigenvalue weighted by atomic mass is 16.5. The van der Waals surface area contributed by atoms with Crippen LogP contribution in [0, 0.1) is 0 Å². The fraction of sp³-hybridized carbons (Fsp3) is 0.276. The maximum atomic E-state index is 13.5. The summed E-state index contributed by atoms with van der Waals surface area (Å²) in [7, 11) is 0. The average Bonchev–Trinajstić information content (AvgIpc) is 2.93. The van der Waals surface area contributed by atoms with Gasteiger partial charge in [-0.15, -0.1) is 0 Å². The molecule has 5 rings (SSSR count). The van der Waals surface area contributed by atoms with Crippen LogP contribution < -0.4 is 26.0 Å². The van der Waals surface area contributed by atoms with Gasteiger partial charge in [-0.2, -0.15) is 0 Å². The van der Waals surface area contributed by atoms with Crippen LogP contribution in [0.3, 0.4) is 0 Å². The molecule has 37 heavy (non-hydrogen) atoms. The van der Waals surface area contributed by atoms with Crippen molar-refractivity contribution in [3.05, 3.63) is 90.0 Å². The summed E-state index contributed by atoms with van der Waals surface area (Å²) in [6.07, 6.45) is 3.45. The molecule has 1 aliphatic carbocycles. The van der Waals surface area contributed by atoms with Crippen LogP contribution in [0.2, 0.25) is 0 Å². The van der Waals surface area contributed by atoms with Gasteiger partial charge in [0, 0.05) is 17.6 Å². The van der Waals surface area contributed by atoms with Crippen LogP contribution in [0.15, 0.2) is 78.9 Å². The van der Waals surface area contributed by atoms with Gasteiger partial charge in [-0.1, -0.05) is 48.5 Å². The van der Waals surface area contributed by atoms with Gasteiger partial charge in [0.25, 0.3) is 17.7 Å². The second-order valence-electron chi connectivity index (χ2n) is 9.49. The zero-order valence-electron chi connectivity index (χ0n) is 20.4. The first kappa shape index (κ1) is 24.5. The lowest BCUT2D eigenvalue weighted by atomic mass is 9.91. The van der Waals surface area contributed by atoms with Crippen molar-refractivity contribution in [3.63, 3.8) is 0 Å². The summed E-state index contributed by atoms with van der Waals surface area (Å²) in [5.74, 6) is -0.382. The van der Waals surface area contributed by atoms with Crippen molar-refractivity contribution in [2.24, 2.45) is 5.73 Å². The minimum atomic E-state index is -0.869. The summed E-state index contributed by atoms with van der Waals surface area (Å²) in [5, 5.41) is 5.97. The fourth-order valence-electron chi connectivity index (χ4n) is 4.92. The van der Waals surface area contributed by atoms with Crippen LogP contribution in [-0.4, -0.2) is 36.4 Å². The predicted molar refractivity (Wildman–Crippen MR) is 141 cm³/mol. The number of rotatable bonds is 6. The molecule has 3 amide bonds. The number of nitrogens with two attached hydrogens (primary N) is 1. The molecule has 4 N–H and O–H groups in total. The molecular formula is C29H30N4O4. The van der Waals surface area contributed by atoms with E-state index in [0.717, 1.165) is 25.7 Å². The summed E-state index contributed by atoms with van der Waals surface area (Å²) >= 11 is 0. The number of hydrogen-bond donors (Lipinski definition) is 3. The predicted octanol–water partition coefficient (Wildman–Crippen LogP) is 3.79. The molecule has 3 aromatic carbocycles. The first-order valence-corrected chi connectivity index (χ1v) is 12.6. The first-order chi connectivity index (χ1) is 18.0. The van der Waals surface area contributed by atoms with Crippen molar-refractivity contribution in [1.82, 2.24) is 5.32 Å². The molecule has 1 saturated carbocycles. The SMILES string of the molecule is NC1CCC(NC(=O)c2ccc3c(c2)NC(=O)C(c2ccccc2)N3C(=O)COc2ccccc2)CC1. The molecule has 0 bridgehead atoms. The maximum Gasteiger partial charge on any atom is 0.265 e. The van der Waals surface area contributed by atoms with Gasteiger partial charge in [-0.25, -0.2) is 0 Å². The van der Waals surface area contributed by atoms with Crippen LogP contribution in [0.4, 0.5) is 11.4 Å². The Labute approximate surface area is 215 Å². The van der Waals surface area contributed by atoms with E-state index >= 15 is 0 Å². The van der Waals surface area contributed by atoms with E-state index in [1.54, 1.807) is 30.3 Å². The number of carbonyl (C=O) groups is 3. The quantitative estimate of drug-likeness (QED) is 0.479. The monoisotopic (exact) mass is 498 g/mol. The van der Waals surface area contributed by atoms with Gasteiger partial charge in [-0.3, -0.25) is 19.3 Å². The van der Waals surface area contributed by atoms with E-state index in [4.69, 9.17) is 10.5 Å². The number of ether oxygens (including phenoxy) is 1. The molecule has 0 saturated heterocycles. The molecule has 1 aliphatic heterocycles. The molecule has 0 aromatic heterocycles. The van der Waals surface area contributed by atoms with Crippen LogP contribution >= 0.6 is 0 Å². The molecule has 0 spiro atoms. The highest BCUT2D eigenvalue weighted by Gasteiger charge is 2.38. The average molecular weight is 499 g/mol. The molecule has 190 valence electrons. The van der Waals surface area contributed by atoms with Crippen LogP contribution in [0.25, 0.3) is 0 Å². The lowest BCUT2D eigenvalue weighted by Crippen LogP contribution is -2.47. The Bertz CT molecular complexity index is 1270. The number of amides is 3. The Morgan fingerprint density at radius 2 is 1.62 bits per heavy atom. The Morgan fingerprint density at radius 3 is 2.32 bits per heavy atom. The lowest BCUT2D eigenvalue weighted by Gasteiger charge is -2.37. The van der Waals surface area contributed by atoms with E-state index in [-0.39, 0.29) is 36.4 Å². The standard InChI is InChI=1S/C29H30N4O4/c30-21-12-14-22(15-13-21)31-28(35)20-11-16-25-24(17-20)32-29(36)27(19-7-3-1-4-8-19)33(25)26(34)18-37-23-9-5-2-6-10-23/h1-11,16-17,21-22,27H,12-15,18,30H2,(H,31,35)(H,32,36). The Kier molecular flexibility index (Phi) is 7.18. The minimum Gasteiger partial charge on any atom is -0.484 e. The van der Waals surface area contributed by atoms with Gasteiger partial charge >= 0.3 is 0 Å². The molecular weight excluding hydrogens is 468 g/mol. The number of anilines is 2. The summed E-state index contributed by atoms with van der Waals surface area (Å²) in [4.78, 5) is 41.2. The molecule has 1 heterocycles. The van der Waals surface area contributed by atoms with Crippen molar-refractivity contribution in [2.45, 2.75) is 43.8 Å². The van der Waals surface area contributed by atoms with E-state index in [9.17, 15) is 14.4 Å². The third-order valence-corrected chi connectivity index (χ3v) is 6.88. The fourth-order valence-corrected chi connectivity index (χ4v) is 4.92. The number of carbonyl (C=O) groups excluding carboxylic acids is 3. The lowest BCUT2D eigenvalue weighted by molar-refractivity contribution is -0.125. The van der Waals surface area contributed by atoms with Gasteiger partial charge in [0.05, 0.1) is 11.4 Å². The molecule has 3 aromatic rings. The van der Waals surface area contributed by atoms with Crippen molar-refractivity contribution >= 4 is 29.1 Å². The number of hydrogen-bond acceptors (Lipinski definition) is 5. The normalized spacial score (nSPS) is 20.9. The van der Waals surface area contributed by atoms with Crippen molar-refractivity contribution < 1.29 is 19.1 Å². The molecule has 1 fully saturated rings. The molecule has 0 radical (unpaired) electrons. The number of nitrogens with one attached hydrogen (secondary N) is 2. The second-order valence-corrected chi connectivity index (χ2v) is 9.49. The van der Waals surface area contributed by atoms with Crippen LogP contribution in [0.1, 0.15) is 47.6 Å². The number of fused-ring (bicyclic) bond motifs is 1. The van der Waals surface area contributed by atoms with E-state index in [2.05, 4.69) is 10.6 Å². The summed E-state index contributed by atoms with van der Waals surface area (Å²) < 4.78 is 5.71. The first-order valence-electron chi connectivity index (χ1n) is 12.6. The molecule has 1 unspecified atom stereocenters. The zero-order chi connectivity index (χ0) is 25.8. The van der Waals surface area contributed by atoms with E-state index in [0.29, 0.717) is 28.3 Å². The van der Waals surface area contributed by atoms with Gasteiger partial charge in [-0.05, 0) is 61.6 Å². The van der Waals surface area contributed by atoms with E-state index < -0.39 is 6.04 Å². The maximum absolute atomic E-state index is 13.5. The van der Waals surface area contributed by atoms with Gasteiger partial charge in [0.2, 0.25) is 0 Å². The minimum absolute atomic E-state index is 0.0774.